The molecule has 0 aliphatic carbocycles. The minimum atomic E-state index is -0.613. The first-order valence-electron chi connectivity index (χ1n) is 9.89. The number of fused-ring (bicyclic) bond motifs is 1. The Bertz CT molecular complexity index is 1130. The first-order valence-corrected chi connectivity index (χ1v) is 9.89. The van der Waals surface area contributed by atoms with Crippen molar-refractivity contribution in [2.24, 2.45) is 0 Å². The summed E-state index contributed by atoms with van der Waals surface area (Å²) in [5.41, 5.74) is 2.34. The Hall–Kier alpha value is -3.68. The number of nitrogens with zero attached hydrogens (tertiary/aromatic N) is 4. The summed E-state index contributed by atoms with van der Waals surface area (Å²) in [5, 5.41) is 2.70. The molecule has 1 aliphatic heterocycles. The summed E-state index contributed by atoms with van der Waals surface area (Å²) in [7, 11) is 3.95. The number of carbonyl (C=O) groups is 1. The molecule has 8 heteroatoms. The Kier molecular flexibility index (Phi) is 5.22. The van der Waals surface area contributed by atoms with Crippen molar-refractivity contribution < 1.29 is 13.9 Å². The Balaban J connectivity index is 1.71. The molecule has 1 aliphatic rings. The third-order valence-corrected chi connectivity index (χ3v) is 4.88. The number of urea groups is 1. The molecule has 3 heterocycles. The molecule has 160 valence electrons. The smallest absolute Gasteiger partial charge is 0.327 e. The minimum absolute atomic E-state index is 0.269. The lowest BCUT2D eigenvalue weighted by Crippen LogP contribution is -2.51. The van der Waals surface area contributed by atoms with Crippen LogP contribution in [0.2, 0.25) is 0 Å². The zero-order valence-electron chi connectivity index (χ0n) is 17.9. The summed E-state index contributed by atoms with van der Waals surface area (Å²) in [6, 6.07) is 12.5. The summed E-state index contributed by atoms with van der Waals surface area (Å²) in [6.07, 6.45) is 2.47. The monoisotopic (exact) mass is 421 g/mol. The van der Waals surface area contributed by atoms with Gasteiger partial charge in [-0.1, -0.05) is 12.1 Å². The molecular formula is C23H24FN5O2. The standard InChI is InChI=1S/C23H24FN5O2/c1-23(2)14-29(22(30)26-17-11-16(24)12-25-13-17)21-20(31-23)9-8-19(27-21)15-6-5-7-18(10-15)28(3)4/h5-13H,14H2,1-4H3,(H,26,30). The van der Waals surface area contributed by atoms with E-state index in [9.17, 15) is 9.18 Å². The number of hydrogen-bond donors (Lipinski definition) is 1. The highest BCUT2D eigenvalue weighted by molar-refractivity contribution is 6.02. The van der Waals surface area contributed by atoms with E-state index in [-0.39, 0.29) is 12.2 Å². The number of anilines is 3. The summed E-state index contributed by atoms with van der Waals surface area (Å²) in [4.78, 5) is 25.1. The molecule has 31 heavy (non-hydrogen) atoms. The lowest BCUT2D eigenvalue weighted by molar-refractivity contribution is 0.106. The number of carbonyl (C=O) groups excluding carboxylic acids is 1. The third kappa shape index (κ3) is 4.42. The maximum Gasteiger partial charge on any atom is 0.327 e. The van der Waals surface area contributed by atoms with Crippen molar-refractivity contribution in [1.82, 2.24) is 9.97 Å². The molecule has 0 unspecified atom stereocenters. The number of amides is 2. The van der Waals surface area contributed by atoms with Gasteiger partial charge in [-0.25, -0.2) is 14.2 Å². The van der Waals surface area contributed by atoms with Gasteiger partial charge < -0.3 is 15.0 Å². The fraction of sp³-hybridized carbons (Fsp3) is 0.261. The van der Waals surface area contributed by atoms with Gasteiger partial charge in [0.1, 0.15) is 11.4 Å². The first-order chi connectivity index (χ1) is 14.7. The fourth-order valence-electron chi connectivity index (χ4n) is 3.44. The Morgan fingerprint density at radius 2 is 2.00 bits per heavy atom. The van der Waals surface area contributed by atoms with Crippen molar-refractivity contribution in [3.63, 3.8) is 0 Å². The molecule has 1 N–H and O–H groups in total. The molecule has 3 aromatic rings. The van der Waals surface area contributed by atoms with E-state index in [1.165, 1.54) is 17.2 Å². The topological polar surface area (TPSA) is 70.6 Å². The van der Waals surface area contributed by atoms with Gasteiger partial charge in [0.2, 0.25) is 0 Å². The molecular weight excluding hydrogens is 397 g/mol. The van der Waals surface area contributed by atoms with Crippen LogP contribution in [0.5, 0.6) is 5.75 Å². The van der Waals surface area contributed by atoms with E-state index < -0.39 is 17.4 Å². The SMILES string of the molecule is CN(C)c1cccc(-c2ccc3c(n2)N(C(=O)Nc2cncc(F)c2)CC(C)(C)O3)c1. The van der Waals surface area contributed by atoms with Gasteiger partial charge in [-0.15, -0.1) is 0 Å². The number of benzene rings is 1. The molecule has 0 saturated carbocycles. The Morgan fingerprint density at radius 1 is 1.19 bits per heavy atom. The average molecular weight is 421 g/mol. The first kappa shape index (κ1) is 20.6. The number of rotatable bonds is 3. The number of aromatic nitrogens is 2. The quantitative estimate of drug-likeness (QED) is 0.671. The van der Waals surface area contributed by atoms with Gasteiger partial charge in [-0.2, -0.15) is 0 Å². The van der Waals surface area contributed by atoms with E-state index in [0.29, 0.717) is 11.6 Å². The third-order valence-electron chi connectivity index (χ3n) is 4.88. The van der Waals surface area contributed by atoms with E-state index in [2.05, 4.69) is 10.3 Å². The van der Waals surface area contributed by atoms with Crippen LogP contribution in [0.1, 0.15) is 13.8 Å². The second-order valence-electron chi connectivity index (χ2n) is 8.23. The maximum atomic E-state index is 13.5. The predicted molar refractivity (Wildman–Crippen MR) is 119 cm³/mol. The number of pyridine rings is 2. The molecule has 0 spiro atoms. The minimum Gasteiger partial charge on any atom is -0.482 e. The number of ether oxygens (including phenoxy) is 1. The largest absolute Gasteiger partial charge is 0.482 e. The van der Waals surface area contributed by atoms with Gasteiger partial charge in [0.05, 0.1) is 30.3 Å². The molecule has 0 atom stereocenters. The molecule has 0 saturated heterocycles. The van der Waals surface area contributed by atoms with Crippen LogP contribution in [0.4, 0.5) is 26.4 Å². The summed E-state index contributed by atoms with van der Waals surface area (Å²) in [6.45, 7) is 4.08. The van der Waals surface area contributed by atoms with Gasteiger partial charge in [0, 0.05) is 31.4 Å². The van der Waals surface area contributed by atoms with E-state index in [4.69, 9.17) is 9.72 Å². The van der Waals surface area contributed by atoms with Crippen molar-refractivity contribution >= 4 is 23.2 Å². The maximum absolute atomic E-state index is 13.5. The highest BCUT2D eigenvalue weighted by atomic mass is 19.1. The second-order valence-corrected chi connectivity index (χ2v) is 8.23. The molecule has 2 aromatic heterocycles. The fourth-order valence-corrected chi connectivity index (χ4v) is 3.44. The summed E-state index contributed by atoms with van der Waals surface area (Å²) in [5.74, 6) is 0.395. The highest BCUT2D eigenvalue weighted by Crippen LogP contribution is 2.38. The van der Waals surface area contributed by atoms with Crippen LogP contribution in [0.3, 0.4) is 0 Å². The van der Waals surface area contributed by atoms with Crippen molar-refractivity contribution in [1.29, 1.82) is 0 Å². The van der Waals surface area contributed by atoms with Crippen LogP contribution >= 0.6 is 0 Å². The molecule has 0 fully saturated rings. The average Bonchev–Trinajstić information content (AvgIpc) is 2.72. The van der Waals surface area contributed by atoms with Gasteiger partial charge in [-0.3, -0.25) is 9.88 Å². The molecule has 0 bridgehead atoms. The van der Waals surface area contributed by atoms with E-state index in [0.717, 1.165) is 23.1 Å². The van der Waals surface area contributed by atoms with Crippen LogP contribution in [0.25, 0.3) is 11.3 Å². The normalized spacial score (nSPS) is 14.4. The van der Waals surface area contributed by atoms with E-state index in [1.54, 1.807) is 0 Å². The lowest BCUT2D eigenvalue weighted by Gasteiger charge is -2.38. The van der Waals surface area contributed by atoms with Crippen LogP contribution < -0.4 is 19.9 Å². The van der Waals surface area contributed by atoms with Gasteiger partial charge in [-0.05, 0) is 38.1 Å². The van der Waals surface area contributed by atoms with Gasteiger partial charge in [0.15, 0.2) is 11.6 Å². The van der Waals surface area contributed by atoms with E-state index in [1.807, 2.05) is 69.2 Å². The van der Waals surface area contributed by atoms with Crippen molar-refractivity contribution in [3.8, 4) is 17.0 Å². The molecule has 1 aromatic carbocycles. The Labute approximate surface area is 180 Å². The lowest BCUT2D eigenvalue weighted by atomic mass is 10.1. The van der Waals surface area contributed by atoms with Gasteiger partial charge in [0.25, 0.3) is 0 Å². The van der Waals surface area contributed by atoms with Crippen LogP contribution in [0.15, 0.2) is 54.9 Å². The number of nitrogens with one attached hydrogen (secondary N) is 1. The van der Waals surface area contributed by atoms with Gasteiger partial charge >= 0.3 is 6.03 Å². The molecule has 2 amide bonds. The molecule has 4 rings (SSSR count). The summed E-state index contributed by atoms with van der Waals surface area (Å²) < 4.78 is 19.5. The molecule has 0 radical (unpaired) electrons. The number of halogens is 1. The Morgan fingerprint density at radius 3 is 2.74 bits per heavy atom. The van der Waals surface area contributed by atoms with Crippen LogP contribution in [0, 0.1) is 5.82 Å². The van der Waals surface area contributed by atoms with Crippen molar-refractivity contribution in [3.05, 3.63) is 60.7 Å². The molecule has 7 nitrogen and oxygen atoms in total. The highest BCUT2D eigenvalue weighted by Gasteiger charge is 2.36. The second kappa shape index (κ2) is 7.86. The van der Waals surface area contributed by atoms with Crippen molar-refractivity contribution in [2.45, 2.75) is 19.4 Å². The summed E-state index contributed by atoms with van der Waals surface area (Å²) >= 11 is 0. The zero-order valence-corrected chi connectivity index (χ0v) is 17.9. The van der Waals surface area contributed by atoms with Crippen LogP contribution in [-0.2, 0) is 0 Å². The van der Waals surface area contributed by atoms with E-state index >= 15 is 0 Å². The van der Waals surface area contributed by atoms with Crippen LogP contribution in [-0.4, -0.2) is 42.2 Å². The zero-order chi connectivity index (χ0) is 22.2. The van der Waals surface area contributed by atoms with Crippen molar-refractivity contribution in [2.75, 3.05) is 35.8 Å². The predicted octanol–water partition coefficient (Wildman–Crippen LogP) is 4.56. The number of hydrogen-bond acceptors (Lipinski definition) is 5.